The van der Waals surface area contributed by atoms with Crippen molar-refractivity contribution in [1.29, 1.82) is 0 Å². The van der Waals surface area contributed by atoms with Gasteiger partial charge in [-0.05, 0) is 23.7 Å². The number of nitrogens with zero attached hydrogens (tertiary/aromatic N) is 3. The topological polar surface area (TPSA) is 92.3 Å². The van der Waals surface area contributed by atoms with Crippen molar-refractivity contribution in [3.8, 4) is 0 Å². The maximum absolute atomic E-state index is 12.2. The Balaban J connectivity index is 2.34. The van der Waals surface area contributed by atoms with Gasteiger partial charge in [-0.25, -0.2) is 0 Å². The van der Waals surface area contributed by atoms with E-state index in [1.165, 1.54) is 11.1 Å². The normalized spacial score (nSPS) is 10.3. The van der Waals surface area contributed by atoms with E-state index in [4.69, 9.17) is 10.8 Å². The van der Waals surface area contributed by atoms with Gasteiger partial charge in [0, 0.05) is 6.54 Å². The Labute approximate surface area is 108 Å². The third-order valence-electron chi connectivity index (χ3n) is 2.37. The van der Waals surface area contributed by atoms with Crippen molar-refractivity contribution in [2.45, 2.75) is 0 Å². The Bertz CT molecular complexity index is 530. The maximum atomic E-state index is 12.2. The van der Waals surface area contributed by atoms with Gasteiger partial charge in [0.2, 0.25) is 0 Å². The molecule has 0 radical (unpaired) electrons. The molecular formula is C11H12N4O2S. The standard InChI is InChI=1S/C11H12N4O2S/c12-8-3-1-2-4-9(8)15(5-6-16)11(17)10-7-13-14-18-10/h1-4,7,16H,5-6,12H2. The zero-order chi connectivity index (χ0) is 13.0. The molecule has 2 aromatic rings. The second-order valence-corrected chi connectivity index (χ2v) is 4.31. The van der Waals surface area contributed by atoms with Crippen LogP contribution in [0.3, 0.4) is 0 Å². The largest absolute Gasteiger partial charge is 0.397 e. The highest BCUT2D eigenvalue weighted by molar-refractivity contribution is 7.07. The van der Waals surface area contributed by atoms with Gasteiger partial charge in [-0.3, -0.25) is 4.79 Å². The average Bonchev–Trinajstić information content (AvgIpc) is 2.90. The molecule has 1 aromatic carbocycles. The van der Waals surface area contributed by atoms with Crippen LogP contribution in [0.4, 0.5) is 11.4 Å². The van der Waals surface area contributed by atoms with Crippen LogP contribution in [-0.2, 0) is 0 Å². The molecular weight excluding hydrogens is 252 g/mol. The first-order valence-corrected chi connectivity index (χ1v) is 6.06. The van der Waals surface area contributed by atoms with Crippen LogP contribution < -0.4 is 10.6 Å². The molecule has 7 heteroatoms. The van der Waals surface area contributed by atoms with E-state index in [1.807, 2.05) is 0 Å². The van der Waals surface area contributed by atoms with Gasteiger partial charge in [0.15, 0.2) is 0 Å². The summed E-state index contributed by atoms with van der Waals surface area (Å²) in [5.74, 6) is -0.267. The molecule has 1 aromatic heterocycles. The van der Waals surface area contributed by atoms with E-state index in [0.717, 1.165) is 11.5 Å². The second kappa shape index (κ2) is 5.56. The van der Waals surface area contributed by atoms with E-state index in [9.17, 15) is 4.79 Å². The van der Waals surface area contributed by atoms with Gasteiger partial charge in [-0.15, -0.1) is 5.10 Å². The predicted molar refractivity (Wildman–Crippen MR) is 69.5 cm³/mol. The summed E-state index contributed by atoms with van der Waals surface area (Å²) in [5, 5.41) is 12.7. The van der Waals surface area contributed by atoms with Crippen LogP contribution >= 0.6 is 11.5 Å². The molecule has 0 fully saturated rings. The van der Waals surface area contributed by atoms with Gasteiger partial charge in [-0.1, -0.05) is 16.6 Å². The minimum absolute atomic E-state index is 0.147. The number of nitrogen functional groups attached to an aromatic ring is 1. The molecule has 0 unspecified atom stereocenters. The lowest BCUT2D eigenvalue weighted by Crippen LogP contribution is -2.33. The highest BCUT2D eigenvalue weighted by atomic mass is 32.1. The molecule has 0 spiro atoms. The van der Waals surface area contributed by atoms with E-state index < -0.39 is 0 Å². The molecule has 0 atom stereocenters. The van der Waals surface area contributed by atoms with Gasteiger partial charge in [-0.2, -0.15) is 0 Å². The highest BCUT2D eigenvalue weighted by Crippen LogP contribution is 2.24. The van der Waals surface area contributed by atoms with Crippen LogP contribution in [0.15, 0.2) is 30.5 Å². The van der Waals surface area contributed by atoms with Crippen molar-refractivity contribution < 1.29 is 9.90 Å². The van der Waals surface area contributed by atoms with Gasteiger partial charge in [0.1, 0.15) is 4.88 Å². The quantitative estimate of drug-likeness (QED) is 0.795. The Kier molecular flexibility index (Phi) is 3.85. The molecule has 1 amide bonds. The Morgan fingerprint density at radius 2 is 2.22 bits per heavy atom. The summed E-state index contributed by atoms with van der Waals surface area (Å²) in [4.78, 5) is 14.1. The fourth-order valence-electron chi connectivity index (χ4n) is 1.56. The summed E-state index contributed by atoms with van der Waals surface area (Å²) in [6, 6.07) is 7.01. The minimum atomic E-state index is -0.267. The van der Waals surface area contributed by atoms with Gasteiger partial charge >= 0.3 is 0 Å². The monoisotopic (exact) mass is 264 g/mol. The van der Waals surface area contributed by atoms with Gasteiger partial charge in [0.25, 0.3) is 5.91 Å². The van der Waals surface area contributed by atoms with E-state index in [2.05, 4.69) is 9.59 Å². The first-order chi connectivity index (χ1) is 8.74. The molecule has 0 bridgehead atoms. The number of hydrogen-bond donors (Lipinski definition) is 2. The zero-order valence-corrected chi connectivity index (χ0v) is 10.3. The fraction of sp³-hybridized carbons (Fsp3) is 0.182. The van der Waals surface area contributed by atoms with E-state index in [0.29, 0.717) is 16.3 Å². The fourth-order valence-corrected chi connectivity index (χ4v) is 2.02. The number of amides is 1. The average molecular weight is 264 g/mol. The molecule has 18 heavy (non-hydrogen) atoms. The number of carbonyl (C=O) groups excluding carboxylic acids is 1. The van der Waals surface area contributed by atoms with Crippen LogP contribution in [-0.4, -0.2) is 33.8 Å². The smallest absolute Gasteiger partial charge is 0.271 e. The highest BCUT2D eigenvalue weighted by Gasteiger charge is 2.20. The SMILES string of the molecule is Nc1ccccc1N(CCO)C(=O)c1cnns1. The lowest BCUT2D eigenvalue weighted by Gasteiger charge is -2.22. The summed E-state index contributed by atoms with van der Waals surface area (Å²) in [6.07, 6.45) is 1.40. The summed E-state index contributed by atoms with van der Waals surface area (Å²) < 4.78 is 3.65. The van der Waals surface area contributed by atoms with E-state index >= 15 is 0 Å². The van der Waals surface area contributed by atoms with Crippen molar-refractivity contribution in [3.05, 3.63) is 35.3 Å². The summed E-state index contributed by atoms with van der Waals surface area (Å²) >= 11 is 1.01. The first kappa shape index (κ1) is 12.5. The van der Waals surface area contributed by atoms with Gasteiger partial charge < -0.3 is 15.7 Å². The van der Waals surface area contributed by atoms with Crippen LogP contribution in [0.5, 0.6) is 0 Å². The summed E-state index contributed by atoms with van der Waals surface area (Å²) in [5.41, 5.74) is 6.90. The maximum Gasteiger partial charge on any atom is 0.271 e. The number of anilines is 2. The third kappa shape index (κ3) is 2.47. The first-order valence-electron chi connectivity index (χ1n) is 5.28. The number of benzene rings is 1. The Hall–Kier alpha value is -1.99. The van der Waals surface area contributed by atoms with Crippen molar-refractivity contribution in [2.75, 3.05) is 23.8 Å². The van der Waals surface area contributed by atoms with Crippen molar-refractivity contribution in [3.63, 3.8) is 0 Å². The molecule has 94 valence electrons. The molecule has 1 heterocycles. The van der Waals surface area contributed by atoms with Crippen LogP contribution in [0, 0.1) is 0 Å². The molecule has 0 aliphatic carbocycles. The number of rotatable bonds is 4. The molecule has 2 rings (SSSR count). The third-order valence-corrected chi connectivity index (χ3v) is 3.02. The van der Waals surface area contributed by atoms with Crippen LogP contribution in [0.25, 0.3) is 0 Å². The van der Waals surface area contributed by atoms with E-state index in [-0.39, 0.29) is 19.1 Å². The molecule has 3 N–H and O–H groups in total. The minimum Gasteiger partial charge on any atom is -0.397 e. The predicted octanol–water partition coefficient (Wildman–Crippen LogP) is 0.759. The van der Waals surface area contributed by atoms with Crippen molar-refractivity contribution in [1.82, 2.24) is 9.59 Å². The summed E-state index contributed by atoms with van der Waals surface area (Å²) in [7, 11) is 0. The molecule has 0 saturated heterocycles. The molecule has 6 nitrogen and oxygen atoms in total. The van der Waals surface area contributed by atoms with E-state index in [1.54, 1.807) is 24.3 Å². The second-order valence-electron chi connectivity index (χ2n) is 3.52. The Morgan fingerprint density at radius 3 is 2.83 bits per heavy atom. The number of carbonyl (C=O) groups is 1. The van der Waals surface area contributed by atoms with Gasteiger partial charge in [0.05, 0.1) is 24.2 Å². The number of aromatic nitrogens is 2. The number of aliphatic hydroxyl groups excluding tert-OH is 1. The Morgan fingerprint density at radius 1 is 1.44 bits per heavy atom. The number of aliphatic hydroxyl groups is 1. The molecule has 0 saturated carbocycles. The molecule has 0 aliphatic heterocycles. The number of nitrogens with two attached hydrogens (primary N) is 1. The van der Waals surface area contributed by atoms with Crippen molar-refractivity contribution >= 4 is 28.8 Å². The summed E-state index contributed by atoms with van der Waals surface area (Å²) in [6.45, 7) is 0.0251. The van der Waals surface area contributed by atoms with Crippen LogP contribution in [0.2, 0.25) is 0 Å². The lowest BCUT2D eigenvalue weighted by molar-refractivity contribution is 0.0985. The lowest BCUT2D eigenvalue weighted by atomic mass is 10.2. The number of hydrogen-bond acceptors (Lipinski definition) is 6. The van der Waals surface area contributed by atoms with Crippen LogP contribution in [0.1, 0.15) is 9.67 Å². The number of para-hydroxylation sites is 2. The van der Waals surface area contributed by atoms with Crippen molar-refractivity contribution in [2.24, 2.45) is 0 Å². The molecule has 0 aliphatic rings. The zero-order valence-electron chi connectivity index (χ0n) is 9.48.